The van der Waals surface area contributed by atoms with Crippen molar-refractivity contribution in [1.82, 2.24) is 0 Å². The highest BCUT2D eigenvalue weighted by Crippen LogP contribution is 2.24. The first-order valence-electron chi connectivity index (χ1n) is 5.95. The molecule has 1 amide bonds. The Hall–Kier alpha value is -1.81. The van der Waals surface area contributed by atoms with Crippen LogP contribution in [0.15, 0.2) is 46.9 Å². The second-order valence-electron chi connectivity index (χ2n) is 4.39. The van der Waals surface area contributed by atoms with Gasteiger partial charge in [0.05, 0.1) is 12.1 Å². The fourth-order valence-corrected chi connectivity index (χ4v) is 2.16. The van der Waals surface area contributed by atoms with Gasteiger partial charge in [-0.3, -0.25) is 4.79 Å². The number of carbonyl (C=O) groups is 1. The first-order valence-corrected chi connectivity index (χ1v) is 6.75. The van der Waals surface area contributed by atoms with E-state index in [2.05, 4.69) is 21.2 Å². The molecule has 0 aliphatic heterocycles. The molecule has 0 atom stereocenters. The molecule has 3 N–H and O–H groups in total. The third kappa shape index (κ3) is 3.58. The number of rotatable bonds is 3. The van der Waals surface area contributed by atoms with E-state index in [9.17, 15) is 4.79 Å². The number of carbonyl (C=O) groups excluding carboxylic acids is 1. The Morgan fingerprint density at radius 2 is 2.00 bits per heavy atom. The van der Waals surface area contributed by atoms with Crippen molar-refractivity contribution in [2.24, 2.45) is 0 Å². The maximum atomic E-state index is 12.0. The molecule has 0 aliphatic rings. The fraction of sp³-hybridized carbons (Fsp3) is 0.133. The van der Waals surface area contributed by atoms with E-state index in [-0.39, 0.29) is 5.91 Å². The highest BCUT2D eigenvalue weighted by Gasteiger charge is 2.08. The number of nitrogen functional groups attached to an aromatic ring is 1. The number of amides is 1. The quantitative estimate of drug-likeness (QED) is 0.851. The molecule has 0 aliphatic carbocycles. The predicted octanol–water partition coefficient (Wildman–Crippen LogP) is 3.52. The Morgan fingerprint density at radius 3 is 2.74 bits per heavy atom. The monoisotopic (exact) mass is 318 g/mol. The summed E-state index contributed by atoms with van der Waals surface area (Å²) in [7, 11) is 0. The Bertz CT molecular complexity index is 611. The molecule has 0 saturated carbocycles. The van der Waals surface area contributed by atoms with Crippen LogP contribution in [0.3, 0.4) is 0 Å². The molecule has 2 aromatic carbocycles. The van der Waals surface area contributed by atoms with E-state index in [1.165, 1.54) is 0 Å². The van der Waals surface area contributed by atoms with E-state index in [1.807, 2.05) is 37.3 Å². The molecule has 0 bridgehead atoms. The van der Waals surface area contributed by atoms with Crippen LogP contribution in [0.1, 0.15) is 11.1 Å². The predicted molar refractivity (Wildman–Crippen MR) is 82.1 cm³/mol. The van der Waals surface area contributed by atoms with Crippen LogP contribution >= 0.6 is 15.9 Å². The molecule has 3 nitrogen and oxygen atoms in total. The van der Waals surface area contributed by atoms with Crippen LogP contribution in [0.25, 0.3) is 0 Å². The van der Waals surface area contributed by atoms with Gasteiger partial charge in [0.2, 0.25) is 5.91 Å². The molecule has 0 unspecified atom stereocenters. The summed E-state index contributed by atoms with van der Waals surface area (Å²) in [5, 5.41) is 2.86. The smallest absolute Gasteiger partial charge is 0.228 e. The fourth-order valence-electron chi connectivity index (χ4n) is 1.81. The second kappa shape index (κ2) is 5.89. The van der Waals surface area contributed by atoms with Gasteiger partial charge >= 0.3 is 0 Å². The lowest BCUT2D eigenvalue weighted by Crippen LogP contribution is -2.15. The zero-order valence-corrected chi connectivity index (χ0v) is 12.2. The average molecular weight is 319 g/mol. The minimum atomic E-state index is -0.0550. The van der Waals surface area contributed by atoms with Crippen LogP contribution in [0.5, 0.6) is 0 Å². The summed E-state index contributed by atoms with van der Waals surface area (Å²) in [4.78, 5) is 12.0. The minimum Gasteiger partial charge on any atom is -0.399 e. The minimum absolute atomic E-state index is 0.0550. The third-order valence-electron chi connectivity index (χ3n) is 2.88. The number of hydrogen-bond donors (Lipinski definition) is 2. The van der Waals surface area contributed by atoms with Gasteiger partial charge in [-0.25, -0.2) is 0 Å². The summed E-state index contributed by atoms with van der Waals surface area (Å²) in [5.41, 5.74) is 9.16. The van der Waals surface area contributed by atoms with Gasteiger partial charge in [0.25, 0.3) is 0 Å². The zero-order chi connectivity index (χ0) is 13.8. The second-order valence-corrected chi connectivity index (χ2v) is 5.25. The van der Waals surface area contributed by atoms with Crippen LogP contribution in [-0.4, -0.2) is 5.91 Å². The summed E-state index contributed by atoms with van der Waals surface area (Å²) in [6, 6.07) is 13.2. The maximum Gasteiger partial charge on any atom is 0.228 e. The number of benzene rings is 2. The molecule has 0 spiro atoms. The highest BCUT2D eigenvalue weighted by atomic mass is 79.9. The summed E-state index contributed by atoms with van der Waals surface area (Å²) < 4.78 is 0.819. The Balaban J connectivity index is 2.10. The zero-order valence-electron chi connectivity index (χ0n) is 10.6. The van der Waals surface area contributed by atoms with Gasteiger partial charge in [-0.2, -0.15) is 0 Å². The van der Waals surface area contributed by atoms with Crippen molar-refractivity contribution in [3.63, 3.8) is 0 Å². The van der Waals surface area contributed by atoms with Gasteiger partial charge in [-0.05, 0) is 52.2 Å². The van der Waals surface area contributed by atoms with Gasteiger partial charge in [-0.15, -0.1) is 0 Å². The van der Waals surface area contributed by atoms with E-state index >= 15 is 0 Å². The molecule has 2 aromatic rings. The van der Waals surface area contributed by atoms with Gasteiger partial charge in [0.15, 0.2) is 0 Å². The molecular weight excluding hydrogens is 304 g/mol. The Morgan fingerprint density at radius 1 is 1.26 bits per heavy atom. The standard InChI is InChI=1S/C15H15BrN2O/c1-10-4-2-3-5-11(10)8-15(19)18-14-9-12(17)6-7-13(14)16/h2-7,9H,8,17H2,1H3,(H,18,19). The maximum absolute atomic E-state index is 12.0. The third-order valence-corrected chi connectivity index (χ3v) is 3.57. The Labute approximate surface area is 121 Å². The highest BCUT2D eigenvalue weighted by molar-refractivity contribution is 9.10. The number of nitrogens with two attached hydrogens (primary N) is 1. The first kappa shape index (κ1) is 13.6. The molecule has 0 fully saturated rings. The van der Waals surface area contributed by atoms with Crippen LogP contribution in [0.2, 0.25) is 0 Å². The van der Waals surface area contributed by atoms with Crippen molar-refractivity contribution in [2.45, 2.75) is 13.3 Å². The summed E-state index contributed by atoms with van der Waals surface area (Å²) >= 11 is 3.39. The van der Waals surface area contributed by atoms with Crippen molar-refractivity contribution in [1.29, 1.82) is 0 Å². The largest absolute Gasteiger partial charge is 0.399 e. The molecule has 19 heavy (non-hydrogen) atoms. The number of anilines is 2. The van der Waals surface area contributed by atoms with Crippen molar-refractivity contribution in [3.05, 3.63) is 58.1 Å². The molecule has 0 heterocycles. The summed E-state index contributed by atoms with van der Waals surface area (Å²) in [6.07, 6.45) is 0.355. The average Bonchev–Trinajstić information content (AvgIpc) is 2.37. The number of hydrogen-bond acceptors (Lipinski definition) is 2. The van der Waals surface area contributed by atoms with E-state index in [1.54, 1.807) is 12.1 Å². The molecule has 0 saturated heterocycles. The SMILES string of the molecule is Cc1ccccc1CC(=O)Nc1cc(N)ccc1Br. The van der Waals surface area contributed by atoms with Crippen LogP contribution in [0.4, 0.5) is 11.4 Å². The Kier molecular flexibility index (Phi) is 4.22. The van der Waals surface area contributed by atoms with Gasteiger partial charge in [-0.1, -0.05) is 24.3 Å². The van der Waals surface area contributed by atoms with Gasteiger partial charge in [0, 0.05) is 10.2 Å². The van der Waals surface area contributed by atoms with E-state index < -0.39 is 0 Å². The molecule has 98 valence electrons. The van der Waals surface area contributed by atoms with E-state index in [0.717, 1.165) is 15.6 Å². The molecule has 2 rings (SSSR count). The van der Waals surface area contributed by atoms with Gasteiger partial charge in [0.1, 0.15) is 0 Å². The normalized spacial score (nSPS) is 10.2. The topological polar surface area (TPSA) is 55.1 Å². The molecule has 0 radical (unpaired) electrons. The van der Waals surface area contributed by atoms with Crippen molar-refractivity contribution >= 4 is 33.2 Å². The number of nitrogens with one attached hydrogen (secondary N) is 1. The molecular formula is C15H15BrN2O. The lowest BCUT2D eigenvalue weighted by Gasteiger charge is -2.09. The van der Waals surface area contributed by atoms with Gasteiger partial charge < -0.3 is 11.1 Å². The lowest BCUT2D eigenvalue weighted by atomic mass is 10.1. The van der Waals surface area contributed by atoms with Crippen molar-refractivity contribution in [3.8, 4) is 0 Å². The van der Waals surface area contributed by atoms with Crippen molar-refractivity contribution in [2.75, 3.05) is 11.1 Å². The van der Waals surface area contributed by atoms with E-state index in [4.69, 9.17) is 5.73 Å². The summed E-state index contributed by atoms with van der Waals surface area (Å²) in [6.45, 7) is 2.00. The molecule has 4 heteroatoms. The molecule has 0 aromatic heterocycles. The van der Waals surface area contributed by atoms with Crippen LogP contribution in [0, 0.1) is 6.92 Å². The van der Waals surface area contributed by atoms with Crippen LogP contribution < -0.4 is 11.1 Å². The van der Waals surface area contributed by atoms with Crippen molar-refractivity contribution < 1.29 is 4.79 Å². The summed E-state index contributed by atoms with van der Waals surface area (Å²) in [5.74, 6) is -0.0550. The lowest BCUT2D eigenvalue weighted by molar-refractivity contribution is -0.115. The number of halogens is 1. The van der Waals surface area contributed by atoms with E-state index in [0.29, 0.717) is 17.8 Å². The number of aryl methyl sites for hydroxylation is 1. The van der Waals surface area contributed by atoms with Crippen LogP contribution in [-0.2, 0) is 11.2 Å². The first-order chi connectivity index (χ1) is 9.06.